The molecule has 0 spiro atoms. The first-order valence-corrected chi connectivity index (χ1v) is 8.24. The highest BCUT2D eigenvalue weighted by Crippen LogP contribution is 2.13. The molecule has 1 aromatic carbocycles. The first-order valence-electron chi connectivity index (χ1n) is 8.24. The van der Waals surface area contributed by atoms with Crippen LogP contribution in [0.25, 0.3) is 0 Å². The minimum atomic E-state index is -0.313. The van der Waals surface area contributed by atoms with Gasteiger partial charge in [-0.3, -0.25) is 9.59 Å². The summed E-state index contributed by atoms with van der Waals surface area (Å²) in [7, 11) is 1.64. The number of methoxy groups -OCH3 is 1. The predicted molar refractivity (Wildman–Crippen MR) is 94.7 cm³/mol. The van der Waals surface area contributed by atoms with Gasteiger partial charge in [-0.25, -0.2) is 0 Å². The largest absolute Gasteiger partial charge is 0.497 e. The van der Waals surface area contributed by atoms with Gasteiger partial charge in [-0.05, 0) is 50.5 Å². The summed E-state index contributed by atoms with van der Waals surface area (Å²) in [6.45, 7) is 3.59. The third-order valence-electron chi connectivity index (χ3n) is 3.95. The smallest absolute Gasteiger partial charge is 0.255 e. The lowest BCUT2D eigenvalue weighted by Crippen LogP contribution is -2.41. The van der Waals surface area contributed by atoms with Gasteiger partial charge in [0.15, 0.2) is 0 Å². The molecule has 2 rings (SSSR count). The summed E-state index contributed by atoms with van der Waals surface area (Å²) in [5.74, 6) is 0.837. The third kappa shape index (κ3) is 5.67. The van der Waals surface area contributed by atoms with Crippen LogP contribution in [0.1, 0.15) is 35.0 Å². The molecular weight excluding hydrogens is 320 g/mol. The lowest BCUT2D eigenvalue weighted by Gasteiger charge is -2.14. The normalized spacial score (nSPS) is 11.6. The number of ether oxygens (including phenoxy) is 1. The molecule has 6 nitrogen and oxygen atoms in total. The molecule has 134 valence electrons. The predicted octanol–water partition coefficient (Wildman–Crippen LogP) is 2.46. The molecule has 0 aliphatic carbocycles. The molecule has 1 heterocycles. The fourth-order valence-corrected chi connectivity index (χ4v) is 2.45. The maximum Gasteiger partial charge on any atom is 0.255 e. The Bertz CT molecular complexity index is 706. The zero-order valence-corrected chi connectivity index (χ0v) is 14.8. The molecule has 1 unspecified atom stereocenters. The van der Waals surface area contributed by atoms with Crippen molar-refractivity contribution in [2.75, 3.05) is 13.7 Å². The Labute approximate surface area is 147 Å². The molecule has 0 aliphatic heterocycles. The van der Waals surface area contributed by atoms with Gasteiger partial charge in [0.1, 0.15) is 11.5 Å². The Hall–Kier alpha value is -2.76. The van der Waals surface area contributed by atoms with E-state index in [1.165, 1.54) is 11.8 Å². The Morgan fingerprint density at radius 2 is 1.92 bits per heavy atom. The highest BCUT2D eigenvalue weighted by Gasteiger charge is 2.13. The highest BCUT2D eigenvalue weighted by atomic mass is 16.5. The van der Waals surface area contributed by atoms with Gasteiger partial charge in [0, 0.05) is 6.04 Å². The number of carbonyl (C=O) groups excluding carboxylic acids is 2. The van der Waals surface area contributed by atoms with E-state index in [1.54, 1.807) is 20.1 Å². The van der Waals surface area contributed by atoms with Crippen molar-refractivity contribution in [3.8, 4) is 5.75 Å². The number of benzene rings is 1. The molecule has 0 radical (unpaired) electrons. The van der Waals surface area contributed by atoms with Crippen molar-refractivity contribution in [3.63, 3.8) is 0 Å². The van der Waals surface area contributed by atoms with Crippen molar-refractivity contribution in [1.29, 1.82) is 0 Å². The van der Waals surface area contributed by atoms with E-state index in [0.29, 0.717) is 11.3 Å². The average molecular weight is 344 g/mol. The van der Waals surface area contributed by atoms with Gasteiger partial charge >= 0.3 is 0 Å². The molecule has 0 fully saturated rings. The summed E-state index contributed by atoms with van der Waals surface area (Å²) in [5, 5.41) is 5.48. The van der Waals surface area contributed by atoms with E-state index in [1.807, 2.05) is 31.2 Å². The van der Waals surface area contributed by atoms with E-state index in [4.69, 9.17) is 9.15 Å². The fraction of sp³-hybridized carbons (Fsp3) is 0.368. The average Bonchev–Trinajstić information content (AvgIpc) is 3.04. The van der Waals surface area contributed by atoms with E-state index in [2.05, 4.69) is 10.6 Å². The van der Waals surface area contributed by atoms with E-state index < -0.39 is 0 Å². The number of hydrogen-bond donors (Lipinski definition) is 2. The van der Waals surface area contributed by atoms with Crippen LogP contribution < -0.4 is 15.4 Å². The highest BCUT2D eigenvalue weighted by molar-refractivity contribution is 5.97. The molecule has 0 aliphatic rings. The molecule has 0 saturated heterocycles. The first kappa shape index (κ1) is 18.6. The molecule has 25 heavy (non-hydrogen) atoms. The molecule has 0 bridgehead atoms. The van der Waals surface area contributed by atoms with Crippen LogP contribution in [0.15, 0.2) is 41.0 Å². The number of carbonyl (C=O) groups is 2. The number of amides is 2. The molecule has 2 aromatic rings. The maximum atomic E-state index is 11.9. The molecule has 2 N–H and O–H groups in total. The van der Waals surface area contributed by atoms with Crippen LogP contribution in [0, 0.1) is 6.92 Å². The summed E-state index contributed by atoms with van der Waals surface area (Å²) in [6, 6.07) is 9.47. The molecule has 6 heteroatoms. The Balaban J connectivity index is 1.70. The Morgan fingerprint density at radius 3 is 2.52 bits per heavy atom. The third-order valence-corrected chi connectivity index (χ3v) is 3.95. The molecular formula is C19H24N2O4. The molecule has 1 aromatic heterocycles. The van der Waals surface area contributed by atoms with Crippen LogP contribution in [0.4, 0.5) is 0 Å². The van der Waals surface area contributed by atoms with Crippen LogP contribution in [0.5, 0.6) is 5.75 Å². The molecule has 2 amide bonds. The quantitative estimate of drug-likeness (QED) is 0.771. The van der Waals surface area contributed by atoms with Gasteiger partial charge in [-0.15, -0.1) is 0 Å². The standard InChI is InChI=1S/C19H24N2O4/c1-13(4-5-15-6-8-16(24-3)9-7-15)21-18(22)12-20-19(23)17-10-11-25-14(17)2/h6-11,13H,4-5,12H2,1-3H3,(H,20,23)(H,21,22). The topological polar surface area (TPSA) is 80.6 Å². The van der Waals surface area contributed by atoms with Crippen molar-refractivity contribution in [1.82, 2.24) is 10.6 Å². The van der Waals surface area contributed by atoms with Gasteiger partial charge in [0.25, 0.3) is 5.91 Å². The van der Waals surface area contributed by atoms with Crippen LogP contribution in [-0.4, -0.2) is 31.5 Å². The van der Waals surface area contributed by atoms with Crippen molar-refractivity contribution < 1.29 is 18.7 Å². The monoisotopic (exact) mass is 344 g/mol. The zero-order valence-electron chi connectivity index (χ0n) is 14.8. The second kappa shape index (κ2) is 8.92. The van der Waals surface area contributed by atoms with Crippen molar-refractivity contribution in [2.45, 2.75) is 32.7 Å². The van der Waals surface area contributed by atoms with E-state index in [0.717, 1.165) is 18.6 Å². The summed E-state index contributed by atoms with van der Waals surface area (Å²) in [6.07, 6.45) is 3.12. The maximum absolute atomic E-state index is 11.9. The Kier molecular flexibility index (Phi) is 6.62. The van der Waals surface area contributed by atoms with Gasteiger partial charge in [-0.1, -0.05) is 12.1 Å². The van der Waals surface area contributed by atoms with Crippen molar-refractivity contribution >= 4 is 11.8 Å². The molecule has 1 atom stereocenters. The van der Waals surface area contributed by atoms with Gasteiger partial charge in [0.2, 0.25) is 5.91 Å². The second-order valence-corrected chi connectivity index (χ2v) is 5.93. The van der Waals surface area contributed by atoms with Crippen LogP contribution in [0.3, 0.4) is 0 Å². The van der Waals surface area contributed by atoms with Crippen molar-refractivity contribution in [3.05, 3.63) is 53.5 Å². The number of aryl methyl sites for hydroxylation is 2. The Morgan fingerprint density at radius 1 is 1.20 bits per heavy atom. The van der Waals surface area contributed by atoms with Crippen molar-refractivity contribution in [2.24, 2.45) is 0 Å². The van der Waals surface area contributed by atoms with E-state index >= 15 is 0 Å². The fourth-order valence-electron chi connectivity index (χ4n) is 2.45. The van der Waals surface area contributed by atoms with Gasteiger partial charge in [-0.2, -0.15) is 0 Å². The van der Waals surface area contributed by atoms with Crippen LogP contribution in [0.2, 0.25) is 0 Å². The van der Waals surface area contributed by atoms with E-state index in [9.17, 15) is 9.59 Å². The minimum Gasteiger partial charge on any atom is -0.497 e. The lowest BCUT2D eigenvalue weighted by atomic mass is 10.1. The number of rotatable bonds is 8. The van der Waals surface area contributed by atoms with Crippen LogP contribution >= 0.6 is 0 Å². The second-order valence-electron chi connectivity index (χ2n) is 5.93. The zero-order chi connectivity index (χ0) is 18.2. The number of hydrogen-bond acceptors (Lipinski definition) is 4. The summed E-state index contributed by atoms with van der Waals surface area (Å²) in [5.41, 5.74) is 1.63. The number of nitrogens with one attached hydrogen (secondary N) is 2. The summed E-state index contributed by atoms with van der Waals surface area (Å²) >= 11 is 0. The van der Waals surface area contributed by atoms with Gasteiger partial charge in [0.05, 0.1) is 25.5 Å². The first-order chi connectivity index (χ1) is 12.0. The SMILES string of the molecule is COc1ccc(CCC(C)NC(=O)CNC(=O)c2ccoc2C)cc1. The summed E-state index contributed by atoms with van der Waals surface area (Å²) < 4.78 is 10.2. The molecule has 0 saturated carbocycles. The van der Waals surface area contributed by atoms with Crippen LogP contribution in [-0.2, 0) is 11.2 Å². The summed E-state index contributed by atoms with van der Waals surface area (Å²) in [4.78, 5) is 23.9. The minimum absolute atomic E-state index is 0.0159. The van der Waals surface area contributed by atoms with Gasteiger partial charge < -0.3 is 19.8 Å². The lowest BCUT2D eigenvalue weighted by molar-refractivity contribution is -0.120. The van der Waals surface area contributed by atoms with E-state index in [-0.39, 0.29) is 24.4 Å². The number of furan rings is 1.